The van der Waals surface area contributed by atoms with Crippen LogP contribution in [0.2, 0.25) is 0 Å². The number of nitrogens with two attached hydrogens (primary N) is 1. The quantitative estimate of drug-likeness (QED) is 0.404. The van der Waals surface area contributed by atoms with Gasteiger partial charge in [0.2, 0.25) is 0 Å². The second-order valence-corrected chi connectivity index (χ2v) is 4.48. The fourth-order valence-corrected chi connectivity index (χ4v) is 1.55. The van der Waals surface area contributed by atoms with Crippen LogP contribution in [0, 0.1) is 0 Å². The van der Waals surface area contributed by atoms with Gasteiger partial charge in [-0.05, 0) is 31.2 Å². The Morgan fingerprint density at radius 2 is 1.95 bits per heavy atom. The number of halogens is 2. The number of carbonyl (C=O) groups is 1. The predicted octanol–water partition coefficient (Wildman–Crippen LogP) is 1.68. The van der Waals surface area contributed by atoms with Gasteiger partial charge in [0.1, 0.15) is 0 Å². The molecule has 0 bridgehead atoms. The summed E-state index contributed by atoms with van der Waals surface area (Å²) in [5, 5.41) is 5.65. The van der Waals surface area contributed by atoms with Gasteiger partial charge in [-0.15, -0.1) is 17.0 Å². The van der Waals surface area contributed by atoms with E-state index in [1.807, 2.05) is 19.1 Å². The number of hydrogen-bond donors (Lipinski definition) is 3. The van der Waals surface area contributed by atoms with E-state index in [1.165, 1.54) is 0 Å². The van der Waals surface area contributed by atoms with Crippen molar-refractivity contribution in [1.82, 2.24) is 10.6 Å². The van der Waals surface area contributed by atoms with Gasteiger partial charge in [-0.3, -0.25) is 9.79 Å². The molecule has 0 fully saturated rings. The molecule has 0 radical (unpaired) electrons. The van der Waals surface area contributed by atoms with Crippen LogP contribution in [0.5, 0.6) is 0 Å². The molecule has 0 saturated carbocycles. The number of hydrogen-bond acceptors (Lipinski definition) is 2. The van der Waals surface area contributed by atoms with Gasteiger partial charge in [0.05, 0.1) is 6.54 Å². The zero-order valence-electron chi connectivity index (χ0n) is 10.6. The van der Waals surface area contributed by atoms with Crippen molar-refractivity contribution in [3.8, 4) is 0 Å². The maximum Gasteiger partial charge on any atom is 0.251 e. The summed E-state index contributed by atoms with van der Waals surface area (Å²) >= 11 is 3.32. The minimum Gasteiger partial charge on any atom is -0.370 e. The summed E-state index contributed by atoms with van der Waals surface area (Å²) in [6, 6.07) is 7.18. The van der Waals surface area contributed by atoms with Gasteiger partial charge >= 0.3 is 0 Å². The predicted molar refractivity (Wildman–Crippen MR) is 87.0 cm³/mol. The Morgan fingerprint density at radius 3 is 2.53 bits per heavy atom. The van der Waals surface area contributed by atoms with Crippen LogP contribution in [0.25, 0.3) is 0 Å². The number of rotatable bonds is 5. The first-order chi connectivity index (χ1) is 8.63. The molecule has 0 aliphatic carbocycles. The van der Waals surface area contributed by atoms with Crippen LogP contribution in [0.3, 0.4) is 0 Å². The third kappa shape index (κ3) is 7.17. The van der Waals surface area contributed by atoms with Gasteiger partial charge in [-0.2, -0.15) is 0 Å². The largest absolute Gasteiger partial charge is 0.370 e. The van der Waals surface area contributed by atoms with E-state index in [0.717, 1.165) is 11.0 Å². The van der Waals surface area contributed by atoms with Gasteiger partial charge in [0.15, 0.2) is 5.96 Å². The molecule has 0 aliphatic heterocycles. The van der Waals surface area contributed by atoms with E-state index in [1.54, 1.807) is 12.1 Å². The lowest BCUT2D eigenvalue weighted by atomic mass is 10.2. The molecule has 0 saturated heterocycles. The van der Waals surface area contributed by atoms with Crippen LogP contribution in [0.15, 0.2) is 33.7 Å². The van der Waals surface area contributed by atoms with Crippen LogP contribution < -0.4 is 16.4 Å². The maximum absolute atomic E-state index is 11.7. The summed E-state index contributed by atoms with van der Waals surface area (Å²) in [7, 11) is 0. The highest BCUT2D eigenvalue weighted by Gasteiger charge is 2.03. The highest BCUT2D eigenvalue weighted by Crippen LogP contribution is 2.10. The monoisotopic (exact) mass is 392 g/mol. The highest BCUT2D eigenvalue weighted by molar-refractivity contribution is 9.10. The molecule has 0 aliphatic rings. The molecular formula is C12H18Br2N4O. The molecule has 1 aromatic rings. The average molecular weight is 394 g/mol. The summed E-state index contributed by atoms with van der Waals surface area (Å²) in [6.07, 6.45) is 0. The molecule has 1 amide bonds. The Bertz CT molecular complexity index is 420. The second-order valence-electron chi connectivity index (χ2n) is 3.56. The highest BCUT2D eigenvalue weighted by atomic mass is 79.9. The standard InChI is InChI=1S/C12H17BrN4O.BrH/c1-2-15-12(14)17-8-7-16-11(18)9-3-5-10(13)6-4-9;/h3-6H,2,7-8H2,1H3,(H,16,18)(H3,14,15,17);1H. The van der Waals surface area contributed by atoms with Crippen molar-refractivity contribution >= 4 is 44.8 Å². The summed E-state index contributed by atoms with van der Waals surface area (Å²) in [4.78, 5) is 15.8. The summed E-state index contributed by atoms with van der Waals surface area (Å²) in [6.45, 7) is 3.60. The van der Waals surface area contributed by atoms with Gasteiger partial charge in [0.25, 0.3) is 5.91 Å². The lowest BCUT2D eigenvalue weighted by Crippen LogP contribution is -2.33. The van der Waals surface area contributed by atoms with E-state index in [-0.39, 0.29) is 22.9 Å². The van der Waals surface area contributed by atoms with Gasteiger partial charge < -0.3 is 16.4 Å². The molecule has 7 heteroatoms. The Kier molecular flexibility index (Phi) is 9.24. The van der Waals surface area contributed by atoms with Crippen LogP contribution in [0.4, 0.5) is 0 Å². The lowest BCUT2D eigenvalue weighted by Gasteiger charge is -2.04. The van der Waals surface area contributed by atoms with Crippen molar-refractivity contribution in [2.45, 2.75) is 6.92 Å². The maximum atomic E-state index is 11.7. The first-order valence-corrected chi connectivity index (χ1v) is 6.50. The number of guanidine groups is 1. The van der Waals surface area contributed by atoms with E-state index in [9.17, 15) is 4.79 Å². The second kappa shape index (κ2) is 9.80. The lowest BCUT2D eigenvalue weighted by molar-refractivity contribution is 0.0955. The molecule has 106 valence electrons. The van der Waals surface area contributed by atoms with Crippen molar-refractivity contribution in [3.05, 3.63) is 34.3 Å². The molecule has 1 rings (SSSR count). The number of amides is 1. The number of aliphatic imine (C=N–C) groups is 1. The Morgan fingerprint density at radius 1 is 1.32 bits per heavy atom. The fourth-order valence-electron chi connectivity index (χ4n) is 1.29. The average Bonchev–Trinajstić information content (AvgIpc) is 2.35. The van der Waals surface area contributed by atoms with Crippen LogP contribution in [-0.4, -0.2) is 31.5 Å². The Labute approximate surface area is 131 Å². The van der Waals surface area contributed by atoms with E-state index < -0.39 is 0 Å². The van der Waals surface area contributed by atoms with Gasteiger partial charge in [-0.1, -0.05) is 15.9 Å². The summed E-state index contributed by atoms with van der Waals surface area (Å²) < 4.78 is 0.946. The molecule has 19 heavy (non-hydrogen) atoms. The summed E-state index contributed by atoms with van der Waals surface area (Å²) in [5.41, 5.74) is 6.18. The number of nitrogens with one attached hydrogen (secondary N) is 2. The van der Waals surface area contributed by atoms with Crippen molar-refractivity contribution < 1.29 is 4.79 Å². The third-order valence-electron chi connectivity index (χ3n) is 2.14. The number of nitrogens with zero attached hydrogens (tertiary/aromatic N) is 1. The van der Waals surface area contributed by atoms with Crippen molar-refractivity contribution in [2.75, 3.05) is 19.6 Å². The molecule has 0 aromatic heterocycles. The zero-order valence-corrected chi connectivity index (χ0v) is 13.9. The van der Waals surface area contributed by atoms with E-state index in [4.69, 9.17) is 5.73 Å². The zero-order chi connectivity index (χ0) is 13.4. The van der Waals surface area contributed by atoms with Gasteiger partial charge in [-0.25, -0.2) is 0 Å². The molecule has 0 spiro atoms. The minimum atomic E-state index is -0.111. The smallest absolute Gasteiger partial charge is 0.251 e. The molecule has 0 unspecified atom stereocenters. The van der Waals surface area contributed by atoms with E-state index in [2.05, 4.69) is 31.6 Å². The topological polar surface area (TPSA) is 79.5 Å². The Balaban J connectivity index is 0.00000324. The third-order valence-corrected chi connectivity index (χ3v) is 2.67. The number of carbonyl (C=O) groups excluding carboxylic acids is 1. The fraction of sp³-hybridized carbons (Fsp3) is 0.333. The van der Waals surface area contributed by atoms with Crippen LogP contribution in [0.1, 0.15) is 17.3 Å². The van der Waals surface area contributed by atoms with Crippen molar-refractivity contribution in [1.29, 1.82) is 0 Å². The van der Waals surface area contributed by atoms with Crippen molar-refractivity contribution in [3.63, 3.8) is 0 Å². The molecule has 0 heterocycles. The summed E-state index contributed by atoms with van der Waals surface area (Å²) in [5.74, 6) is 0.287. The van der Waals surface area contributed by atoms with Crippen LogP contribution in [-0.2, 0) is 0 Å². The van der Waals surface area contributed by atoms with E-state index in [0.29, 0.717) is 24.6 Å². The minimum absolute atomic E-state index is 0. The molecule has 1 aromatic carbocycles. The number of benzene rings is 1. The SMILES string of the molecule is Br.CCNC(N)=NCCNC(=O)c1ccc(Br)cc1. The first kappa shape index (κ1) is 17.9. The Hall–Kier alpha value is -1.08. The normalized spacial score (nSPS) is 10.5. The van der Waals surface area contributed by atoms with E-state index >= 15 is 0 Å². The first-order valence-electron chi connectivity index (χ1n) is 5.71. The molecule has 0 atom stereocenters. The van der Waals surface area contributed by atoms with Gasteiger partial charge in [0, 0.05) is 23.1 Å². The molecule has 5 nitrogen and oxygen atoms in total. The van der Waals surface area contributed by atoms with Crippen LogP contribution >= 0.6 is 32.9 Å². The van der Waals surface area contributed by atoms with Crippen molar-refractivity contribution in [2.24, 2.45) is 10.7 Å². The molecular weight excluding hydrogens is 376 g/mol. The molecule has 4 N–H and O–H groups in total.